The van der Waals surface area contributed by atoms with Gasteiger partial charge in [-0.25, -0.2) is 0 Å². The Morgan fingerprint density at radius 2 is 2.17 bits per heavy atom. The zero-order chi connectivity index (χ0) is 13.0. The maximum Gasteiger partial charge on any atom is 0.0757 e. The molecular weight excluding hydrogens is 226 g/mol. The molecule has 0 saturated carbocycles. The fourth-order valence-electron chi connectivity index (χ4n) is 1.96. The van der Waals surface area contributed by atoms with E-state index in [-0.39, 0.29) is 6.04 Å². The van der Waals surface area contributed by atoms with Crippen molar-refractivity contribution in [2.75, 3.05) is 0 Å². The fourth-order valence-corrected chi connectivity index (χ4v) is 1.96. The highest BCUT2D eigenvalue weighted by Gasteiger charge is 2.13. The van der Waals surface area contributed by atoms with Gasteiger partial charge in [-0.15, -0.1) is 0 Å². The van der Waals surface area contributed by atoms with Crippen LogP contribution in [-0.2, 0) is 19.4 Å². The Balaban J connectivity index is 2.16. The van der Waals surface area contributed by atoms with Crippen molar-refractivity contribution in [2.45, 2.75) is 39.3 Å². The zero-order valence-electron chi connectivity index (χ0n) is 10.9. The summed E-state index contributed by atoms with van der Waals surface area (Å²) >= 11 is 0. The maximum atomic E-state index is 6.16. The molecule has 2 rings (SSSR count). The van der Waals surface area contributed by atoms with Gasteiger partial charge in [-0.1, -0.05) is 6.92 Å². The lowest BCUT2D eigenvalue weighted by molar-refractivity contribution is 0.579. The molecule has 1 atom stereocenters. The second-order valence-electron chi connectivity index (χ2n) is 4.24. The molecule has 0 aliphatic heterocycles. The molecule has 0 spiro atoms. The molecule has 0 aliphatic rings. The van der Waals surface area contributed by atoms with Gasteiger partial charge in [-0.3, -0.25) is 14.6 Å². The summed E-state index contributed by atoms with van der Waals surface area (Å²) in [6.45, 7) is 5.06. The van der Waals surface area contributed by atoms with Crippen LogP contribution in [0.3, 0.4) is 0 Å². The lowest BCUT2D eigenvalue weighted by atomic mass is 10.1. The van der Waals surface area contributed by atoms with Gasteiger partial charge >= 0.3 is 0 Å². The number of hydrogen-bond acceptors (Lipinski definition) is 4. The molecule has 1 unspecified atom stereocenters. The van der Waals surface area contributed by atoms with Crippen LogP contribution in [0.4, 0.5) is 0 Å². The monoisotopic (exact) mass is 245 g/mol. The summed E-state index contributed by atoms with van der Waals surface area (Å²) in [7, 11) is 0. The Labute approximate surface area is 107 Å². The summed E-state index contributed by atoms with van der Waals surface area (Å²) in [5.74, 6) is 0. The third-order valence-corrected chi connectivity index (χ3v) is 2.97. The predicted octanol–water partition coefficient (Wildman–Crippen LogP) is 1.50. The van der Waals surface area contributed by atoms with Crippen LogP contribution in [0.25, 0.3) is 0 Å². The molecule has 0 amide bonds. The lowest BCUT2D eigenvalue weighted by Crippen LogP contribution is -2.17. The van der Waals surface area contributed by atoms with Crippen molar-refractivity contribution in [1.29, 1.82) is 0 Å². The number of aryl methyl sites for hydroxylation is 2. The van der Waals surface area contributed by atoms with E-state index in [2.05, 4.69) is 35.0 Å². The first-order valence-electron chi connectivity index (χ1n) is 6.31. The van der Waals surface area contributed by atoms with E-state index < -0.39 is 0 Å². The molecular formula is C13H19N5. The van der Waals surface area contributed by atoms with E-state index in [1.807, 2.05) is 4.68 Å². The number of nitrogens with zero attached hydrogens (tertiary/aromatic N) is 4. The first-order chi connectivity index (χ1) is 8.74. The largest absolute Gasteiger partial charge is 0.322 e. The Bertz CT molecular complexity index is 491. The van der Waals surface area contributed by atoms with E-state index >= 15 is 0 Å². The molecule has 2 aromatic heterocycles. The van der Waals surface area contributed by atoms with E-state index in [4.69, 9.17) is 5.73 Å². The summed E-state index contributed by atoms with van der Waals surface area (Å²) in [5, 5.41) is 4.52. The summed E-state index contributed by atoms with van der Waals surface area (Å²) in [6, 6.07) is 1.99. The average Bonchev–Trinajstić information content (AvgIpc) is 2.82. The normalized spacial score (nSPS) is 12.6. The minimum atomic E-state index is -0.134. The van der Waals surface area contributed by atoms with Gasteiger partial charge in [0.15, 0.2) is 0 Å². The maximum absolute atomic E-state index is 6.16. The quantitative estimate of drug-likeness (QED) is 0.866. The van der Waals surface area contributed by atoms with Gasteiger partial charge in [0.05, 0.1) is 17.4 Å². The van der Waals surface area contributed by atoms with Gasteiger partial charge in [0.25, 0.3) is 0 Å². The molecule has 5 nitrogen and oxygen atoms in total. The summed E-state index contributed by atoms with van der Waals surface area (Å²) in [4.78, 5) is 8.29. The molecule has 0 radical (unpaired) electrons. The first kappa shape index (κ1) is 12.7. The van der Waals surface area contributed by atoms with Crippen LogP contribution in [0.5, 0.6) is 0 Å². The smallest absolute Gasteiger partial charge is 0.0757 e. The van der Waals surface area contributed by atoms with E-state index in [0.29, 0.717) is 0 Å². The molecule has 0 bridgehead atoms. The molecule has 5 heteroatoms. The van der Waals surface area contributed by atoms with Crippen LogP contribution in [0.2, 0.25) is 0 Å². The highest BCUT2D eigenvalue weighted by atomic mass is 15.3. The molecule has 2 N–H and O–H groups in total. The van der Waals surface area contributed by atoms with Crippen LogP contribution in [0.15, 0.2) is 24.7 Å². The minimum absolute atomic E-state index is 0.134. The van der Waals surface area contributed by atoms with Crippen LogP contribution in [0.1, 0.15) is 37.0 Å². The SMILES string of the molecule is CCc1cc(CC(N)c2cnccn2)n(CC)n1. The Hall–Kier alpha value is -1.75. The lowest BCUT2D eigenvalue weighted by Gasteiger charge is -2.11. The topological polar surface area (TPSA) is 69.6 Å². The van der Waals surface area contributed by atoms with Crippen molar-refractivity contribution < 1.29 is 0 Å². The second-order valence-corrected chi connectivity index (χ2v) is 4.24. The van der Waals surface area contributed by atoms with Crippen LogP contribution < -0.4 is 5.73 Å². The Morgan fingerprint density at radius 3 is 2.78 bits per heavy atom. The highest BCUT2D eigenvalue weighted by Crippen LogP contribution is 2.14. The summed E-state index contributed by atoms with van der Waals surface area (Å²) < 4.78 is 2.01. The molecule has 0 aromatic carbocycles. The van der Waals surface area contributed by atoms with Gasteiger partial charge < -0.3 is 5.73 Å². The van der Waals surface area contributed by atoms with Crippen molar-refractivity contribution in [3.63, 3.8) is 0 Å². The molecule has 2 heterocycles. The van der Waals surface area contributed by atoms with Crippen LogP contribution in [-0.4, -0.2) is 19.7 Å². The second kappa shape index (κ2) is 5.73. The van der Waals surface area contributed by atoms with Gasteiger partial charge in [0.1, 0.15) is 0 Å². The van der Waals surface area contributed by atoms with E-state index in [1.54, 1.807) is 18.6 Å². The van der Waals surface area contributed by atoms with Crippen molar-refractivity contribution >= 4 is 0 Å². The van der Waals surface area contributed by atoms with E-state index in [0.717, 1.165) is 36.5 Å². The zero-order valence-corrected chi connectivity index (χ0v) is 10.9. The van der Waals surface area contributed by atoms with Crippen molar-refractivity contribution in [3.8, 4) is 0 Å². The number of nitrogens with two attached hydrogens (primary N) is 1. The Kier molecular flexibility index (Phi) is 4.04. The summed E-state index contributed by atoms with van der Waals surface area (Å²) in [6.07, 6.45) is 6.73. The fraction of sp³-hybridized carbons (Fsp3) is 0.462. The van der Waals surface area contributed by atoms with Gasteiger partial charge in [-0.2, -0.15) is 5.10 Å². The summed E-state index contributed by atoms with van der Waals surface area (Å²) in [5.41, 5.74) is 9.25. The number of rotatable bonds is 5. The molecule has 0 aliphatic carbocycles. The van der Waals surface area contributed by atoms with Gasteiger partial charge in [-0.05, 0) is 19.4 Å². The third-order valence-electron chi connectivity index (χ3n) is 2.97. The standard InChI is InChI=1S/C13H19N5/c1-3-10-7-11(18(4-2)17-10)8-12(14)13-9-15-5-6-16-13/h5-7,9,12H,3-4,8,14H2,1-2H3. The molecule has 18 heavy (non-hydrogen) atoms. The van der Waals surface area contributed by atoms with E-state index in [9.17, 15) is 0 Å². The minimum Gasteiger partial charge on any atom is -0.322 e. The number of aromatic nitrogens is 4. The van der Waals surface area contributed by atoms with Crippen molar-refractivity contribution in [2.24, 2.45) is 5.73 Å². The highest BCUT2D eigenvalue weighted by molar-refractivity contribution is 5.14. The van der Waals surface area contributed by atoms with E-state index in [1.165, 1.54) is 0 Å². The molecule has 0 saturated heterocycles. The third kappa shape index (κ3) is 2.73. The molecule has 2 aromatic rings. The Morgan fingerprint density at radius 1 is 1.33 bits per heavy atom. The van der Waals surface area contributed by atoms with Crippen molar-refractivity contribution in [1.82, 2.24) is 19.7 Å². The predicted molar refractivity (Wildman–Crippen MR) is 69.9 cm³/mol. The molecule has 96 valence electrons. The van der Waals surface area contributed by atoms with Gasteiger partial charge in [0, 0.05) is 37.3 Å². The van der Waals surface area contributed by atoms with Gasteiger partial charge in [0.2, 0.25) is 0 Å². The van der Waals surface area contributed by atoms with Crippen LogP contribution >= 0.6 is 0 Å². The molecule has 0 fully saturated rings. The number of hydrogen-bond donors (Lipinski definition) is 1. The van der Waals surface area contributed by atoms with Crippen molar-refractivity contribution in [3.05, 3.63) is 41.7 Å². The average molecular weight is 245 g/mol. The first-order valence-corrected chi connectivity index (χ1v) is 6.31. The van der Waals surface area contributed by atoms with Crippen LogP contribution in [0, 0.1) is 0 Å².